The molecule has 2 aromatic carbocycles. The fourth-order valence-electron chi connectivity index (χ4n) is 1.76. The van der Waals surface area contributed by atoms with Gasteiger partial charge in [-0.2, -0.15) is 0 Å². The van der Waals surface area contributed by atoms with Gasteiger partial charge in [0.05, 0.1) is 0 Å². The highest BCUT2D eigenvalue weighted by molar-refractivity contribution is 5.82. The van der Waals surface area contributed by atoms with Crippen molar-refractivity contribution >= 4 is 11.9 Å². The average Bonchev–Trinajstić information content (AvgIpc) is 2.60. The van der Waals surface area contributed by atoms with Gasteiger partial charge in [0.1, 0.15) is 11.6 Å². The summed E-state index contributed by atoms with van der Waals surface area (Å²) >= 11 is 0. The van der Waals surface area contributed by atoms with Crippen molar-refractivity contribution < 1.29 is 41.7 Å². The van der Waals surface area contributed by atoms with Gasteiger partial charge in [-0.3, -0.25) is 4.79 Å². The average molecular weight is 431 g/mol. The highest BCUT2D eigenvalue weighted by Crippen LogP contribution is 2.23. The summed E-state index contributed by atoms with van der Waals surface area (Å²) < 4.78 is 61.2. The van der Waals surface area contributed by atoms with Gasteiger partial charge < -0.3 is 20.3 Å². The molecule has 2 aromatic rings. The number of nitrogens with two attached hydrogens (primary N) is 1. The van der Waals surface area contributed by atoms with Crippen molar-refractivity contribution in [3.8, 4) is 11.5 Å². The van der Waals surface area contributed by atoms with E-state index in [2.05, 4.69) is 0 Å². The molecule has 2 rings (SSSR count). The van der Waals surface area contributed by atoms with E-state index in [9.17, 15) is 27.2 Å². The lowest BCUT2D eigenvalue weighted by Crippen LogP contribution is -2.43. The van der Waals surface area contributed by atoms with Crippen LogP contribution in [0.4, 0.5) is 17.6 Å². The zero-order valence-corrected chi connectivity index (χ0v) is 16.6. The van der Waals surface area contributed by atoms with E-state index in [4.69, 9.17) is 20.3 Å². The molecule has 0 aliphatic carbocycles. The van der Waals surface area contributed by atoms with Gasteiger partial charge in [0.2, 0.25) is 0 Å². The Hall–Kier alpha value is -3.30. The highest BCUT2D eigenvalue weighted by Gasteiger charge is 2.30. The second-order valence-corrected chi connectivity index (χ2v) is 7.04. The molecule has 0 saturated carbocycles. The van der Waals surface area contributed by atoms with Gasteiger partial charge in [-0.15, -0.1) is 0 Å². The lowest BCUT2D eigenvalue weighted by molar-refractivity contribution is -0.152. The van der Waals surface area contributed by atoms with Crippen LogP contribution in [-0.2, 0) is 9.59 Å². The maximum Gasteiger partial charge on any atom is 0.347 e. The summed E-state index contributed by atoms with van der Waals surface area (Å²) in [6.45, 7) is 5.35. The molecule has 0 radical (unpaired) electrons. The number of hydrogen-bond acceptors (Lipinski definition) is 4. The maximum absolute atomic E-state index is 13.1. The van der Waals surface area contributed by atoms with Crippen molar-refractivity contribution in [2.45, 2.75) is 38.9 Å². The van der Waals surface area contributed by atoms with Crippen LogP contribution in [0.25, 0.3) is 0 Å². The Morgan fingerprint density at radius 3 is 1.47 bits per heavy atom. The van der Waals surface area contributed by atoms with Gasteiger partial charge in [-0.25, -0.2) is 22.4 Å². The molecule has 0 aromatic heterocycles. The number of ether oxygens (including phenoxy) is 2. The van der Waals surface area contributed by atoms with Crippen LogP contribution in [0, 0.1) is 23.3 Å². The minimum absolute atomic E-state index is 0.208. The maximum atomic E-state index is 13.1. The van der Waals surface area contributed by atoms with Gasteiger partial charge in [0, 0.05) is 12.1 Å². The third-order valence-corrected chi connectivity index (χ3v) is 3.63. The highest BCUT2D eigenvalue weighted by atomic mass is 19.1. The number of rotatable bonds is 6. The van der Waals surface area contributed by atoms with Crippen LogP contribution in [0.1, 0.15) is 27.7 Å². The van der Waals surface area contributed by atoms with E-state index in [0.717, 1.165) is 24.3 Å². The van der Waals surface area contributed by atoms with Crippen LogP contribution in [0.2, 0.25) is 0 Å². The number of amides is 1. The predicted molar refractivity (Wildman–Crippen MR) is 99.0 cm³/mol. The lowest BCUT2D eigenvalue weighted by Gasteiger charge is -2.22. The Morgan fingerprint density at radius 2 is 1.17 bits per heavy atom. The van der Waals surface area contributed by atoms with E-state index in [1.807, 2.05) is 0 Å². The summed E-state index contributed by atoms with van der Waals surface area (Å²) in [5.74, 6) is -5.71. The minimum Gasteiger partial charge on any atom is -0.478 e. The Morgan fingerprint density at radius 1 is 0.800 bits per heavy atom. The van der Waals surface area contributed by atoms with E-state index < -0.39 is 46.3 Å². The van der Waals surface area contributed by atoms with Crippen molar-refractivity contribution in [1.82, 2.24) is 0 Å². The molecule has 0 heterocycles. The van der Waals surface area contributed by atoms with Crippen molar-refractivity contribution in [2.24, 2.45) is 5.73 Å². The molecule has 0 spiro atoms. The molecule has 0 unspecified atom stereocenters. The summed E-state index contributed by atoms with van der Waals surface area (Å²) in [5, 5.41) is 8.73. The molecule has 3 N–H and O–H groups in total. The SMILES string of the molecule is CC(C)(Oc1ccc(F)cc1F)C(=O)O.CC(C)(Oc1ccc(F)cc1F)C(N)=O. The van der Waals surface area contributed by atoms with Crippen molar-refractivity contribution in [1.29, 1.82) is 0 Å². The van der Waals surface area contributed by atoms with Crippen LogP contribution in [-0.4, -0.2) is 28.2 Å². The zero-order valence-electron chi connectivity index (χ0n) is 16.6. The molecule has 10 heteroatoms. The number of carbonyl (C=O) groups excluding carboxylic acids is 1. The molecule has 0 fully saturated rings. The van der Waals surface area contributed by atoms with Gasteiger partial charge in [-0.05, 0) is 52.0 Å². The summed E-state index contributed by atoms with van der Waals surface area (Å²) in [4.78, 5) is 21.6. The molecular weight excluding hydrogens is 410 g/mol. The van der Waals surface area contributed by atoms with Crippen LogP contribution < -0.4 is 15.2 Å². The van der Waals surface area contributed by atoms with Crippen LogP contribution in [0.15, 0.2) is 36.4 Å². The normalized spacial score (nSPS) is 11.2. The topological polar surface area (TPSA) is 98.8 Å². The van der Waals surface area contributed by atoms with Crippen molar-refractivity contribution in [2.75, 3.05) is 0 Å². The Labute approximate surface area is 170 Å². The van der Waals surface area contributed by atoms with Crippen molar-refractivity contribution in [3.63, 3.8) is 0 Å². The van der Waals surface area contributed by atoms with Gasteiger partial charge in [0.15, 0.2) is 34.3 Å². The fourth-order valence-corrected chi connectivity index (χ4v) is 1.76. The number of carboxylic acid groups (broad SMARTS) is 1. The smallest absolute Gasteiger partial charge is 0.347 e. The molecule has 30 heavy (non-hydrogen) atoms. The summed E-state index contributed by atoms with van der Waals surface area (Å²) in [6.07, 6.45) is 0. The zero-order chi connectivity index (χ0) is 23.3. The first-order valence-corrected chi connectivity index (χ1v) is 8.47. The number of halogens is 4. The Bertz CT molecular complexity index is 856. The summed E-state index contributed by atoms with van der Waals surface area (Å²) in [6, 6.07) is 5.50. The van der Waals surface area contributed by atoms with E-state index >= 15 is 0 Å². The number of benzene rings is 2. The number of hydrogen-bond donors (Lipinski definition) is 2. The molecule has 1 amide bonds. The second-order valence-electron chi connectivity index (χ2n) is 7.04. The number of aliphatic carboxylic acids is 1. The monoisotopic (exact) mass is 431 g/mol. The largest absolute Gasteiger partial charge is 0.478 e. The predicted octanol–water partition coefficient (Wildman–Crippen LogP) is 3.81. The molecule has 164 valence electrons. The van der Waals surface area contributed by atoms with Crippen LogP contribution in [0.3, 0.4) is 0 Å². The van der Waals surface area contributed by atoms with E-state index in [0.29, 0.717) is 12.1 Å². The van der Waals surface area contributed by atoms with Gasteiger partial charge >= 0.3 is 5.97 Å². The van der Waals surface area contributed by atoms with Crippen LogP contribution in [0.5, 0.6) is 11.5 Å². The number of primary amides is 1. The van der Waals surface area contributed by atoms with Crippen molar-refractivity contribution in [3.05, 3.63) is 59.7 Å². The Kier molecular flexibility index (Phi) is 7.80. The number of carboxylic acids is 1. The first-order chi connectivity index (χ1) is 13.7. The number of carbonyl (C=O) groups is 2. The van der Waals surface area contributed by atoms with Crippen LogP contribution >= 0.6 is 0 Å². The molecule has 0 atom stereocenters. The third-order valence-electron chi connectivity index (χ3n) is 3.63. The quantitative estimate of drug-likeness (QED) is 0.678. The van der Waals surface area contributed by atoms with Gasteiger partial charge in [-0.1, -0.05) is 0 Å². The fraction of sp³-hybridized carbons (Fsp3) is 0.300. The molecular formula is C20H21F4NO5. The standard InChI is InChI=1S/C10H11F2NO2.C10H10F2O3/c2*1-10(2,9(13)14)15-8-4-3-6(11)5-7(8)12/h3-5H,1-2H3,(H2,13,14);3-5H,1-2H3,(H,13,14). The second kappa shape index (κ2) is 9.47. The molecule has 0 aliphatic heterocycles. The summed E-state index contributed by atoms with van der Waals surface area (Å²) in [7, 11) is 0. The van der Waals surface area contributed by atoms with E-state index in [1.54, 1.807) is 0 Å². The molecule has 0 bridgehead atoms. The van der Waals surface area contributed by atoms with Gasteiger partial charge in [0.25, 0.3) is 5.91 Å². The first kappa shape index (κ1) is 24.7. The molecule has 0 aliphatic rings. The van der Waals surface area contributed by atoms with E-state index in [1.165, 1.54) is 27.7 Å². The summed E-state index contributed by atoms with van der Waals surface area (Å²) in [5.41, 5.74) is 2.15. The molecule has 6 nitrogen and oxygen atoms in total. The lowest BCUT2D eigenvalue weighted by atomic mass is 10.1. The Balaban J connectivity index is 0.000000300. The molecule has 0 saturated heterocycles. The third kappa shape index (κ3) is 6.94. The first-order valence-electron chi connectivity index (χ1n) is 8.47. The minimum atomic E-state index is -1.56. The van der Waals surface area contributed by atoms with E-state index in [-0.39, 0.29) is 11.5 Å².